The van der Waals surface area contributed by atoms with E-state index in [0.29, 0.717) is 42.4 Å². The number of amides is 1. The smallest absolute Gasteiger partial charge is 0.404 e. The number of halogens is 4. The van der Waals surface area contributed by atoms with Crippen molar-refractivity contribution in [1.29, 1.82) is 0 Å². The van der Waals surface area contributed by atoms with E-state index in [2.05, 4.69) is 50.9 Å². The van der Waals surface area contributed by atoms with Gasteiger partial charge in [0.15, 0.2) is 5.82 Å². The molecule has 0 bridgehead atoms. The fraction of sp³-hybridized carbons (Fsp3) is 0.217. The van der Waals surface area contributed by atoms with Gasteiger partial charge in [0.2, 0.25) is 5.91 Å². The molecule has 4 N–H and O–H groups in total. The molecule has 0 atom stereocenters. The van der Waals surface area contributed by atoms with Crippen LogP contribution in [0.4, 0.5) is 18.9 Å². The van der Waals surface area contributed by atoms with Gasteiger partial charge in [0.1, 0.15) is 24.2 Å². The molecule has 0 unspecified atom stereocenters. The van der Waals surface area contributed by atoms with E-state index >= 15 is 0 Å². The van der Waals surface area contributed by atoms with Crippen LogP contribution in [0.15, 0.2) is 49.2 Å². The van der Waals surface area contributed by atoms with Crippen molar-refractivity contribution >= 4 is 34.1 Å². The maximum absolute atomic E-state index is 12.7. The summed E-state index contributed by atoms with van der Waals surface area (Å²) < 4.78 is 42.7. The number of hydrogen-bond donors (Lipinski definition) is 4. The van der Waals surface area contributed by atoms with Crippen LogP contribution in [-0.4, -0.2) is 59.0 Å². The maximum atomic E-state index is 12.7. The van der Waals surface area contributed by atoms with Crippen molar-refractivity contribution in [3.05, 3.63) is 71.4 Å². The molecule has 1 amide bonds. The minimum atomic E-state index is -4.81. The number of nitrogens with zero attached hydrogens (tertiary/aromatic N) is 6. The molecule has 3 aromatic heterocycles. The van der Waals surface area contributed by atoms with E-state index in [1.165, 1.54) is 18.2 Å². The van der Waals surface area contributed by atoms with Gasteiger partial charge in [-0.3, -0.25) is 19.6 Å². The average Bonchev–Trinajstić information content (AvgIpc) is 3.65. The zero-order valence-electron chi connectivity index (χ0n) is 20.0. The van der Waals surface area contributed by atoms with Gasteiger partial charge in [-0.1, -0.05) is 17.7 Å². The lowest BCUT2D eigenvalue weighted by molar-refractivity contribution is -0.274. The Morgan fingerprint density at radius 2 is 1.95 bits per heavy atom. The predicted octanol–water partition coefficient (Wildman–Crippen LogP) is 3.33. The van der Waals surface area contributed by atoms with Gasteiger partial charge in [-0.25, -0.2) is 4.98 Å². The summed E-state index contributed by atoms with van der Waals surface area (Å²) in [5.41, 5.74) is 2.73. The molecule has 0 saturated carbocycles. The Kier molecular flexibility index (Phi) is 7.42. The number of ether oxygens (including phenoxy) is 1. The lowest BCUT2D eigenvalue weighted by Crippen LogP contribution is -2.18. The van der Waals surface area contributed by atoms with Crippen molar-refractivity contribution in [2.75, 3.05) is 11.9 Å². The van der Waals surface area contributed by atoms with Gasteiger partial charge in [-0.2, -0.15) is 10.2 Å². The monoisotopic (exact) mass is 560 g/mol. The van der Waals surface area contributed by atoms with Crippen LogP contribution in [0.25, 0.3) is 16.6 Å². The summed E-state index contributed by atoms with van der Waals surface area (Å²) in [5, 5.41) is 28.1. The van der Waals surface area contributed by atoms with Gasteiger partial charge >= 0.3 is 6.36 Å². The molecule has 5 rings (SSSR count). The number of nitrogens with one attached hydrogen (secondary N) is 4. The highest BCUT2D eigenvalue weighted by atomic mass is 35.5. The summed E-state index contributed by atoms with van der Waals surface area (Å²) in [4.78, 5) is 17.1. The fourth-order valence-corrected chi connectivity index (χ4v) is 4.03. The Hall–Kier alpha value is -4.50. The van der Waals surface area contributed by atoms with Crippen molar-refractivity contribution in [2.45, 2.75) is 25.7 Å². The molecule has 0 fully saturated rings. The third-order valence-electron chi connectivity index (χ3n) is 5.52. The summed E-state index contributed by atoms with van der Waals surface area (Å²) in [6, 6.07) is 7.72. The van der Waals surface area contributed by atoms with Crippen LogP contribution in [0, 0.1) is 0 Å². The standard InChI is InChI=1S/C23H20ClF3N10O2/c24-16-5-13(1-2-19(16)39-23(25,26)27)9-28-4-3-20-33-21(36-35-20)8-22(38)32-17-6-14(37-11-30-31-12-37)7-18-15(17)10-29-34-18/h1-2,5-7,10-12,28H,3-4,8-9H2,(H,29,34)(H,32,38)(H,33,35,36). The van der Waals surface area contributed by atoms with Crippen molar-refractivity contribution < 1.29 is 22.7 Å². The third-order valence-corrected chi connectivity index (χ3v) is 5.81. The lowest BCUT2D eigenvalue weighted by Gasteiger charge is -2.11. The number of rotatable bonds is 10. The molecular weight excluding hydrogens is 541 g/mol. The number of carbonyl (C=O) groups is 1. The Balaban J connectivity index is 1.12. The van der Waals surface area contributed by atoms with Gasteiger partial charge in [-0.15, -0.1) is 23.4 Å². The molecule has 0 spiro atoms. The van der Waals surface area contributed by atoms with Crippen LogP contribution in [-0.2, 0) is 24.2 Å². The number of benzene rings is 2. The highest BCUT2D eigenvalue weighted by molar-refractivity contribution is 6.32. The van der Waals surface area contributed by atoms with E-state index in [1.54, 1.807) is 29.5 Å². The van der Waals surface area contributed by atoms with Crippen LogP contribution in [0.3, 0.4) is 0 Å². The molecule has 0 aliphatic carbocycles. The predicted molar refractivity (Wildman–Crippen MR) is 133 cm³/mol. The van der Waals surface area contributed by atoms with E-state index in [0.717, 1.165) is 16.6 Å². The minimum absolute atomic E-state index is 0.0263. The number of hydrogen-bond acceptors (Lipinski definition) is 8. The first-order valence-corrected chi connectivity index (χ1v) is 11.9. The molecule has 0 aliphatic rings. The summed E-state index contributed by atoms with van der Waals surface area (Å²) >= 11 is 5.87. The molecule has 0 saturated heterocycles. The summed E-state index contributed by atoms with van der Waals surface area (Å²) in [5.74, 6) is 0.147. The minimum Gasteiger partial charge on any atom is -0.404 e. The second-order valence-electron chi connectivity index (χ2n) is 8.36. The fourth-order valence-electron chi connectivity index (χ4n) is 3.79. The van der Waals surface area contributed by atoms with Crippen molar-refractivity contribution in [1.82, 2.24) is 45.5 Å². The third kappa shape index (κ3) is 6.69. The van der Waals surface area contributed by atoms with Gasteiger partial charge in [-0.05, 0) is 29.8 Å². The SMILES string of the molecule is O=C(Cc1nc(CCNCc2ccc(OC(F)(F)F)c(Cl)c2)n[nH]1)Nc1cc(-n2cnnc2)cc2[nH]ncc12. The van der Waals surface area contributed by atoms with Gasteiger partial charge in [0.05, 0.1) is 34.5 Å². The molecule has 202 valence electrons. The largest absolute Gasteiger partial charge is 0.573 e. The highest BCUT2D eigenvalue weighted by Crippen LogP contribution is 2.30. The number of alkyl halides is 3. The highest BCUT2D eigenvalue weighted by Gasteiger charge is 2.32. The molecule has 0 aliphatic heterocycles. The molecule has 2 aromatic carbocycles. The first-order valence-electron chi connectivity index (χ1n) is 11.5. The molecule has 3 heterocycles. The van der Waals surface area contributed by atoms with E-state index in [4.69, 9.17) is 11.6 Å². The van der Waals surface area contributed by atoms with Crippen molar-refractivity contribution in [2.24, 2.45) is 0 Å². The van der Waals surface area contributed by atoms with E-state index in [-0.39, 0.29) is 17.4 Å². The zero-order valence-corrected chi connectivity index (χ0v) is 20.7. The molecule has 39 heavy (non-hydrogen) atoms. The second kappa shape index (κ2) is 11.1. The Labute approximate surface area is 222 Å². The number of fused-ring (bicyclic) bond motifs is 1. The van der Waals surface area contributed by atoms with E-state index in [9.17, 15) is 18.0 Å². The van der Waals surface area contributed by atoms with Crippen molar-refractivity contribution in [3.63, 3.8) is 0 Å². The van der Waals surface area contributed by atoms with Crippen LogP contribution in [0.1, 0.15) is 17.2 Å². The maximum Gasteiger partial charge on any atom is 0.573 e. The summed E-state index contributed by atoms with van der Waals surface area (Å²) in [6.07, 6.45) is 0.340. The number of anilines is 1. The van der Waals surface area contributed by atoms with Crippen molar-refractivity contribution in [3.8, 4) is 11.4 Å². The summed E-state index contributed by atoms with van der Waals surface area (Å²) in [6.45, 7) is 0.846. The van der Waals surface area contributed by atoms with Gasteiger partial charge in [0, 0.05) is 24.9 Å². The number of aromatic amines is 2. The normalized spacial score (nSPS) is 11.7. The molecular formula is C23H20ClF3N10O2. The lowest BCUT2D eigenvalue weighted by atomic mass is 10.2. The number of carbonyl (C=O) groups excluding carboxylic acids is 1. The van der Waals surface area contributed by atoms with E-state index < -0.39 is 12.1 Å². The molecule has 0 radical (unpaired) electrons. The van der Waals surface area contributed by atoms with E-state index in [1.807, 2.05) is 6.07 Å². The first-order chi connectivity index (χ1) is 18.7. The topological polar surface area (TPSA) is 151 Å². The molecule has 5 aromatic rings. The number of aromatic nitrogens is 8. The average molecular weight is 561 g/mol. The quantitative estimate of drug-likeness (QED) is 0.190. The Bertz CT molecular complexity index is 1580. The van der Waals surface area contributed by atoms with Gasteiger partial charge < -0.3 is 15.4 Å². The van der Waals surface area contributed by atoms with Crippen LogP contribution >= 0.6 is 11.6 Å². The molecule has 12 nitrogen and oxygen atoms in total. The summed E-state index contributed by atoms with van der Waals surface area (Å²) in [7, 11) is 0. The number of H-pyrrole nitrogens is 2. The Morgan fingerprint density at radius 3 is 2.72 bits per heavy atom. The Morgan fingerprint density at radius 1 is 1.13 bits per heavy atom. The zero-order chi connectivity index (χ0) is 27.4. The van der Waals surface area contributed by atoms with Gasteiger partial charge in [0.25, 0.3) is 0 Å². The first kappa shape index (κ1) is 26.1. The second-order valence-corrected chi connectivity index (χ2v) is 8.76. The van der Waals surface area contributed by atoms with Crippen LogP contribution < -0.4 is 15.4 Å². The van der Waals surface area contributed by atoms with Crippen LogP contribution in [0.2, 0.25) is 5.02 Å². The van der Waals surface area contributed by atoms with Crippen LogP contribution in [0.5, 0.6) is 5.75 Å². The molecule has 16 heteroatoms.